The van der Waals surface area contributed by atoms with E-state index in [1.807, 2.05) is 0 Å². The van der Waals surface area contributed by atoms with Gasteiger partial charge in [0, 0.05) is 18.8 Å². The molecule has 102 valence electrons. The monoisotopic (exact) mass is 252 g/mol. The van der Waals surface area contributed by atoms with Crippen molar-refractivity contribution in [2.24, 2.45) is 0 Å². The van der Waals surface area contributed by atoms with Gasteiger partial charge in [0.2, 0.25) is 0 Å². The van der Waals surface area contributed by atoms with Crippen LogP contribution in [0.3, 0.4) is 0 Å². The van der Waals surface area contributed by atoms with E-state index in [9.17, 15) is 5.11 Å². The molecule has 0 bridgehead atoms. The normalized spacial score (nSPS) is 23.8. The second-order valence-electron chi connectivity index (χ2n) is 5.34. The van der Waals surface area contributed by atoms with Crippen LogP contribution in [0.25, 0.3) is 0 Å². The highest BCUT2D eigenvalue weighted by Crippen LogP contribution is 2.16. The van der Waals surface area contributed by atoms with E-state index in [2.05, 4.69) is 16.9 Å². The van der Waals surface area contributed by atoms with Crippen molar-refractivity contribution >= 4 is 5.69 Å². The van der Waals surface area contributed by atoms with Crippen LogP contribution in [0, 0.1) is 0 Å². The second-order valence-corrected chi connectivity index (χ2v) is 5.34. The Labute approximate surface area is 109 Å². The molecule has 2 atom stereocenters. The Kier molecular flexibility index (Phi) is 4.60. The Hall–Kier alpha value is -1.07. The largest absolute Gasteiger partial charge is 0.396 e. The number of aliphatic hydroxyl groups is 1. The standard InChI is InChI=1S/C13H24N4O/c1-11-5-3-2-4-6-16(11)9-13(18)10-17-8-12(14)7-15-17/h7-8,11,13,18H,2-6,9-10,14H2,1H3. The van der Waals surface area contributed by atoms with Crippen molar-refractivity contribution in [1.82, 2.24) is 14.7 Å². The van der Waals surface area contributed by atoms with E-state index < -0.39 is 0 Å². The lowest BCUT2D eigenvalue weighted by atomic mass is 10.1. The maximum atomic E-state index is 10.1. The van der Waals surface area contributed by atoms with Crippen molar-refractivity contribution in [1.29, 1.82) is 0 Å². The fraction of sp³-hybridized carbons (Fsp3) is 0.769. The third kappa shape index (κ3) is 3.71. The predicted octanol–water partition coefficient (Wildman–Crippen LogP) is 1.09. The summed E-state index contributed by atoms with van der Waals surface area (Å²) < 4.78 is 1.71. The molecule has 1 aliphatic rings. The van der Waals surface area contributed by atoms with Gasteiger partial charge in [-0.3, -0.25) is 9.58 Å². The number of β-amino-alcohol motifs (C(OH)–C–C–N with tert-alkyl or cyclic N) is 1. The summed E-state index contributed by atoms with van der Waals surface area (Å²) in [4.78, 5) is 2.39. The summed E-state index contributed by atoms with van der Waals surface area (Å²) in [5.41, 5.74) is 6.25. The lowest BCUT2D eigenvalue weighted by Gasteiger charge is -2.29. The van der Waals surface area contributed by atoms with Crippen molar-refractivity contribution in [2.75, 3.05) is 18.8 Å². The zero-order valence-corrected chi connectivity index (χ0v) is 11.1. The molecule has 0 radical (unpaired) electrons. The maximum absolute atomic E-state index is 10.1. The number of hydrogen-bond donors (Lipinski definition) is 2. The zero-order valence-electron chi connectivity index (χ0n) is 11.1. The number of anilines is 1. The Bertz CT molecular complexity index is 366. The van der Waals surface area contributed by atoms with Gasteiger partial charge in [0.15, 0.2) is 0 Å². The first kappa shape index (κ1) is 13.4. The van der Waals surface area contributed by atoms with Gasteiger partial charge in [-0.1, -0.05) is 12.8 Å². The van der Waals surface area contributed by atoms with Crippen LogP contribution in [0.15, 0.2) is 12.4 Å². The molecule has 5 heteroatoms. The lowest BCUT2D eigenvalue weighted by Crippen LogP contribution is -2.40. The van der Waals surface area contributed by atoms with E-state index in [1.165, 1.54) is 25.7 Å². The van der Waals surface area contributed by atoms with Crippen LogP contribution in [0.1, 0.15) is 32.6 Å². The van der Waals surface area contributed by atoms with Crippen molar-refractivity contribution in [3.8, 4) is 0 Å². The van der Waals surface area contributed by atoms with E-state index in [-0.39, 0.29) is 6.10 Å². The van der Waals surface area contributed by atoms with Gasteiger partial charge in [-0.05, 0) is 26.3 Å². The molecule has 1 saturated heterocycles. The van der Waals surface area contributed by atoms with Crippen LogP contribution in [0.4, 0.5) is 5.69 Å². The average Bonchev–Trinajstić information content (AvgIpc) is 2.61. The summed E-state index contributed by atoms with van der Waals surface area (Å²) in [6.45, 7) is 4.59. The highest BCUT2D eigenvalue weighted by Gasteiger charge is 2.19. The molecule has 0 saturated carbocycles. The molecule has 2 rings (SSSR count). The molecular formula is C13H24N4O. The van der Waals surface area contributed by atoms with Crippen molar-refractivity contribution in [3.63, 3.8) is 0 Å². The number of nitrogens with zero attached hydrogens (tertiary/aromatic N) is 3. The van der Waals surface area contributed by atoms with E-state index in [0.29, 0.717) is 18.3 Å². The number of likely N-dealkylation sites (tertiary alicyclic amines) is 1. The quantitative estimate of drug-likeness (QED) is 0.842. The van der Waals surface area contributed by atoms with Crippen LogP contribution in [0.5, 0.6) is 0 Å². The Morgan fingerprint density at radius 1 is 1.44 bits per heavy atom. The summed E-state index contributed by atoms with van der Waals surface area (Å²) in [5, 5.41) is 14.2. The van der Waals surface area contributed by atoms with E-state index in [0.717, 1.165) is 13.1 Å². The van der Waals surface area contributed by atoms with Gasteiger partial charge in [0.05, 0.1) is 24.5 Å². The van der Waals surface area contributed by atoms with Gasteiger partial charge in [0.1, 0.15) is 0 Å². The highest BCUT2D eigenvalue weighted by atomic mass is 16.3. The molecule has 2 unspecified atom stereocenters. The smallest absolute Gasteiger partial charge is 0.0862 e. The van der Waals surface area contributed by atoms with E-state index >= 15 is 0 Å². The number of aliphatic hydroxyl groups excluding tert-OH is 1. The summed E-state index contributed by atoms with van der Waals surface area (Å²) in [5.74, 6) is 0. The zero-order chi connectivity index (χ0) is 13.0. The molecule has 0 aliphatic carbocycles. The average molecular weight is 252 g/mol. The fourth-order valence-corrected chi connectivity index (χ4v) is 2.63. The Balaban J connectivity index is 1.84. The second kappa shape index (κ2) is 6.20. The first-order valence-electron chi connectivity index (χ1n) is 6.85. The first-order valence-corrected chi connectivity index (χ1v) is 6.85. The molecule has 0 amide bonds. The topological polar surface area (TPSA) is 67.3 Å². The molecule has 0 aromatic carbocycles. The summed E-state index contributed by atoms with van der Waals surface area (Å²) in [7, 11) is 0. The number of nitrogen functional groups attached to an aromatic ring is 1. The van der Waals surface area contributed by atoms with Gasteiger partial charge in [-0.25, -0.2) is 0 Å². The van der Waals surface area contributed by atoms with Gasteiger partial charge in [-0.2, -0.15) is 5.10 Å². The molecule has 2 heterocycles. The third-order valence-corrected chi connectivity index (χ3v) is 3.69. The van der Waals surface area contributed by atoms with Crippen LogP contribution < -0.4 is 5.73 Å². The minimum atomic E-state index is -0.384. The van der Waals surface area contributed by atoms with Crippen LogP contribution >= 0.6 is 0 Å². The van der Waals surface area contributed by atoms with E-state index in [1.54, 1.807) is 17.1 Å². The summed E-state index contributed by atoms with van der Waals surface area (Å²) in [6.07, 6.45) is 8.09. The fourth-order valence-electron chi connectivity index (χ4n) is 2.63. The lowest BCUT2D eigenvalue weighted by molar-refractivity contribution is 0.0782. The first-order chi connectivity index (χ1) is 8.65. The molecule has 3 N–H and O–H groups in total. The van der Waals surface area contributed by atoms with Crippen molar-refractivity contribution in [3.05, 3.63) is 12.4 Å². The molecule has 1 aliphatic heterocycles. The van der Waals surface area contributed by atoms with Crippen LogP contribution in [-0.4, -0.2) is 45.0 Å². The number of rotatable bonds is 4. The molecule has 1 aromatic heterocycles. The minimum Gasteiger partial charge on any atom is -0.396 e. The van der Waals surface area contributed by atoms with Gasteiger partial charge in [0.25, 0.3) is 0 Å². The van der Waals surface area contributed by atoms with Gasteiger partial charge >= 0.3 is 0 Å². The SMILES string of the molecule is CC1CCCCCN1CC(O)Cn1cc(N)cn1. The number of nitrogens with two attached hydrogens (primary N) is 1. The summed E-state index contributed by atoms with van der Waals surface area (Å²) in [6, 6.07) is 0.574. The Morgan fingerprint density at radius 2 is 2.28 bits per heavy atom. The summed E-state index contributed by atoms with van der Waals surface area (Å²) >= 11 is 0. The molecule has 18 heavy (non-hydrogen) atoms. The molecule has 5 nitrogen and oxygen atoms in total. The van der Waals surface area contributed by atoms with Crippen molar-refractivity contribution in [2.45, 2.75) is 51.3 Å². The van der Waals surface area contributed by atoms with Crippen LogP contribution in [-0.2, 0) is 6.54 Å². The molecule has 1 aromatic rings. The highest BCUT2D eigenvalue weighted by molar-refractivity contribution is 5.30. The van der Waals surface area contributed by atoms with Gasteiger partial charge in [-0.15, -0.1) is 0 Å². The molecule has 0 spiro atoms. The van der Waals surface area contributed by atoms with E-state index in [4.69, 9.17) is 5.73 Å². The third-order valence-electron chi connectivity index (χ3n) is 3.69. The van der Waals surface area contributed by atoms with Gasteiger partial charge < -0.3 is 10.8 Å². The maximum Gasteiger partial charge on any atom is 0.0862 e. The molecular weight excluding hydrogens is 228 g/mol. The van der Waals surface area contributed by atoms with Crippen LogP contribution in [0.2, 0.25) is 0 Å². The number of aromatic nitrogens is 2. The minimum absolute atomic E-state index is 0.384. The predicted molar refractivity (Wildman–Crippen MR) is 72.1 cm³/mol. The number of hydrogen-bond acceptors (Lipinski definition) is 4. The Morgan fingerprint density at radius 3 is 3.00 bits per heavy atom. The molecule has 1 fully saturated rings. The van der Waals surface area contributed by atoms with Crippen molar-refractivity contribution < 1.29 is 5.11 Å².